The molecule has 0 bridgehead atoms. The first-order valence-corrected chi connectivity index (χ1v) is 6.97. The van der Waals surface area contributed by atoms with E-state index in [1.807, 2.05) is 24.3 Å². The van der Waals surface area contributed by atoms with Gasteiger partial charge in [0, 0.05) is 26.6 Å². The maximum atomic E-state index is 12.2. The van der Waals surface area contributed by atoms with Crippen LogP contribution in [0.15, 0.2) is 51.4 Å². The van der Waals surface area contributed by atoms with Gasteiger partial charge < -0.3 is 5.73 Å². The van der Waals surface area contributed by atoms with Crippen LogP contribution in [-0.4, -0.2) is 5.78 Å². The number of rotatable bonds is 3. The SMILES string of the molecule is Nc1ccc(Br)c(C(=O)Cc2cccc(Br)c2)c1. The number of halogens is 2. The lowest BCUT2D eigenvalue weighted by molar-refractivity contribution is 0.0992. The smallest absolute Gasteiger partial charge is 0.168 e. The maximum Gasteiger partial charge on any atom is 0.168 e. The Balaban J connectivity index is 2.24. The van der Waals surface area contributed by atoms with E-state index in [1.54, 1.807) is 18.2 Å². The van der Waals surface area contributed by atoms with Gasteiger partial charge in [-0.3, -0.25) is 4.79 Å². The van der Waals surface area contributed by atoms with Gasteiger partial charge in [-0.25, -0.2) is 0 Å². The molecule has 0 atom stereocenters. The molecule has 0 amide bonds. The van der Waals surface area contributed by atoms with E-state index in [0.29, 0.717) is 17.7 Å². The Morgan fingerprint density at radius 3 is 2.61 bits per heavy atom. The van der Waals surface area contributed by atoms with Crippen molar-refractivity contribution in [2.75, 3.05) is 5.73 Å². The predicted octanol–water partition coefficient (Wildman–Crippen LogP) is 4.22. The summed E-state index contributed by atoms with van der Waals surface area (Å²) in [6.45, 7) is 0. The molecule has 2 rings (SSSR count). The molecule has 0 heterocycles. The lowest BCUT2D eigenvalue weighted by atomic mass is 10.0. The van der Waals surface area contributed by atoms with E-state index in [0.717, 1.165) is 14.5 Å². The first-order chi connectivity index (χ1) is 8.56. The van der Waals surface area contributed by atoms with Crippen LogP contribution in [0.2, 0.25) is 0 Å². The molecule has 92 valence electrons. The molecular weight excluding hydrogens is 358 g/mol. The molecule has 2 aromatic rings. The molecule has 0 spiro atoms. The summed E-state index contributed by atoms with van der Waals surface area (Å²) in [6, 6.07) is 13.0. The van der Waals surface area contributed by atoms with Gasteiger partial charge in [0.05, 0.1) is 0 Å². The van der Waals surface area contributed by atoms with Gasteiger partial charge in [0.25, 0.3) is 0 Å². The molecule has 0 aliphatic carbocycles. The lowest BCUT2D eigenvalue weighted by Gasteiger charge is -2.05. The van der Waals surface area contributed by atoms with Gasteiger partial charge in [-0.1, -0.05) is 44.0 Å². The molecule has 0 aliphatic heterocycles. The van der Waals surface area contributed by atoms with E-state index >= 15 is 0 Å². The summed E-state index contributed by atoms with van der Waals surface area (Å²) < 4.78 is 1.75. The standard InChI is InChI=1S/C14H11Br2NO/c15-10-3-1-2-9(6-10)7-14(18)12-8-11(17)4-5-13(12)16/h1-6,8H,7,17H2. The highest BCUT2D eigenvalue weighted by molar-refractivity contribution is 9.10. The summed E-state index contributed by atoms with van der Waals surface area (Å²) in [5, 5.41) is 0. The molecule has 18 heavy (non-hydrogen) atoms. The minimum Gasteiger partial charge on any atom is -0.399 e. The zero-order chi connectivity index (χ0) is 13.1. The Morgan fingerprint density at radius 2 is 1.89 bits per heavy atom. The Morgan fingerprint density at radius 1 is 1.11 bits per heavy atom. The van der Waals surface area contributed by atoms with Crippen LogP contribution in [0.1, 0.15) is 15.9 Å². The van der Waals surface area contributed by atoms with Crippen LogP contribution in [0, 0.1) is 0 Å². The van der Waals surface area contributed by atoms with Gasteiger partial charge in [-0.05, 0) is 35.9 Å². The van der Waals surface area contributed by atoms with Crippen LogP contribution >= 0.6 is 31.9 Å². The molecule has 0 aliphatic rings. The van der Waals surface area contributed by atoms with E-state index < -0.39 is 0 Å². The summed E-state index contributed by atoms with van der Waals surface area (Å²) in [5.74, 6) is 0.0484. The number of carbonyl (C=O) groups excluding carboxylic acids is 1. The third-order valence-electron chi connectivity index (χ3n) is 2.54. The number of anilines is 1. The highest BCUT2D eigenvalue weighted by Gasteiger charge is 2.11. The molecular formula is C14H11Br2NO. The van der Waals surface area contributed by atoms with Crippen molar-refractivity contribution >= 4 is 43.3 Å². The van der Waals surface area contributed by atoms with Crippen molar-refractivity contribution in [1.82, 2.24) is 0 Å². The van der Waals surface area contributed by atoms with E-state index in [1.165, 1.54) is 0 Å². The summed E-state index contributed by atoms with van der Waals surface area (Å²) in [4.78, 5) is 12.2. The number of Topliss-reactive ketones (excluding diaryl/α,β-unsaturated/α-hetero) is 1. The highest BCUT2D eigenvalue weighted by atomic mass is 79.9. The van der Waals surface area contributed by atoms with E-state index in [4.69, 9.17) is 5.73 Å². The highest BCUT2D eigenvalue weighted by Crippen LogP contribution is 2.22. The van der Waals surface area contributed by atoms with Crippen molar-refractivity contribution < 1.29 is 4.79 Å². The van der Waals surface area contributed by atoms with Crippen molar-refractivity contribution in [2.45, 2.75) is 6.42 Å². The number of hydrogen-bond acceptors (Lipinski definition) is 2. The molecule has 2 N–H and O–H groups in total. The Bertz CT molecular complexity index is 596. The molecule has 2 aromatic carbocycles. The van der Waals surface area contributed by atoms with Gasteiger partial charge in [0.1, 0.15) is 0 Å². The number of ketones is 1. The fourth-order valence-electron chi connectivity index (χ4n) is 1.68. The van der Waals surface area contributed by atoms with Crippen LogP contribution in [0.4, 0.5) is 5.69 Å². The Labute approximate surface area is 122 Å². The quantitative estimate of drug-likeness (QED) is 0.651. The molecule has 0 aromatic heterocycles. The van der Waals surface area contributed by atoms with Crippen molar-refractivity contribution in [1.29, 1.82) is 0 Å². The van der Waals surface area contributed by atoms with E-state index in [2.05, 4.69) is 31.9 Å². The first kappa shape index (κ1) is 13.3. The fraction of sp³-hybridized carbons (Fsp3) is 0.0714. The van der Waals surface area contributed by atoms with Crippen LogP contribution in [0.3, 0.4) is 0 Å². The Kier molecular flexibility index (Phi) is 4.19. The summed E-state index contributed by atoms with van der Waals surface area (Å²) in [6.07, 6.45) is 0.363. The summed E-state index contributed by atoms with van der Waals surface area (Å²) in [5.41, 5.74) is 7.89. The molecule has 0 radical (unpaired) electrons. The number of nitrogen functional groups attached to an aromatic ring is 1. The summed E-state index contributed by atoms with van der Waals surface area (Å²) >= 11 is 6.77. The monoisotopic (exact) mass is 367 g/mol. The largest absolute Gasteiger partial charge is 0.399 e. The second-order valence-electron chi connectivity index (χ2n) is 3.97. The van der Waals surface area contributed by atoms with E-state index in [-0.39, 0.29) is 5.78 Å². The predicted molar refractivity (Wildman–Crippen MR) is 80.7 cm³/mol. The fourth-order valence-corrected chi connectivity index (χ4v) is 2.60. The first-order valence-electron chi connectivity index (χ1n) is 5.39. The minimum absolute atomic E-state index is 0.0484. The molecule has 0 saturated carbocycles. The molecule has 4 heteroatoms. The number of hydrogen-bond donors (Lipinski definition) is 1. The minimum atomic E-state index is 0.0484. The van der Waals surface area contributed by atoms with E-state index in [9.17, 15) is 4.79 Å². The number of carbonyl (C=O) groups is 1. The molecule has 0 fully saturated rings. The van der Waals surface area contributed by atoms with Gasteiger partial charge in [-0.2, -0.15) is 0 Å². The molecule has 0 unspecified atom stereocenters. The Hall–Kier alpha value is -1.13. The van der Waals surface area contributed by atoms with Crippen molar-refractivity contribution in [2.24, 2.45) is 0 Å². The zero-order valence-corrected chi connectivity index (χ0v) is 12.7. The number of benzene rings is 2. The number of nitrogens with two attached hydrogens (primary N) is 1. The van der Waals surface area contributed by atoms with Crippen LogP contribution in [0.5, 0.6) is 0 Å². The van der Waals surface area contributed by atoms with Crippen LogP contribution < -0.4 is 5.73 Å². The molecule has 2 nitrogen and oxygen atoms in total. The maximum absolute atomic E-state index is 12.2. The van der Waals surface area contributed by atoms with Crippen molar-refractivity contribution in [3.63, 3.8) is 0 Å². The summed E-state index contributed by atoms with van der Waals surface area (Å²) in [7, 11) is 0. The topological polar surface area (TPSA) is 43.1 Å². The average molecular weight is 369 g/mol. The average Bonchev–Trinajstić information content (AvgIpc) is 2.32. The van der Waals surface area contributed by atoms with Crippen LogP contribution in [0.25, 0.3) is 0 Å². The molecule has 0 saturated heterocycles. The van der Waals surface area contributed by atoms with Gasteiger partial charge in [0.2, 0.25) is 0 Å². The van der Waals surface area contributed by atoms with Crippen LogP contribution in [-0.2, 0) is 6.42 Å². The van der Waals surface area contributed by atoms with Gasteiger partial charge >= 0.3 is 0 Å². The second kappa shape index (κ2) is 5.67. The third-order valence-corrected chi connectivity index (χ3v) is 3.73. The normalized spacial score (nSPS) is 10.3. The van der Waals surface area contributed by atoms with Gasteiger partial charge in [0.15, 0.2) is 5.78 Å². The second-order valence-corrected chi connectivity index (χ2v) is 5.74. The van der Waals surface area contributed by atoms with Gasteiger partial charge in [-0.15, -0.1) is 0 Å². The van der Waals surface area contributed by atoms with Crippen molar-refractivity contribution in [3.8, 4) is 0 Å². The zero-order valence-electron chi connectivity index (χ0n) is 9.49. The van der Waals surface area contributed by atoms with Crippen molar-refractivity contribution in [3.05, 3.63) is 62.5 Å². The third kappa shape index (κ3) is 3.21. The lowest BCUT2D eigenvalue weighted by Crippen LogP contribution is -2.05.